The number of benzene rings is 2. The molecule has 1 heterocycles. The number of fused-ring (bicyclic) bond motifs is 2. The van der Waals surface area contributed by atoms with Gasteiger partial charge in [-0.15, -0.1) is 0 Å². The Morgan fingerprint density at radius 2 is 2.00 bits per heavy atom. The Morgan fingerprint density at radius 3 is 2.92 bits per heavy atom. The van der Waals surface area contributed by atoms with E-state index in [-0.39, 0.29) is 12.1 Å². The third kappa shape index (κ3) is 3.29. The van der Waals surface area contributed by atoms with Gasteiger partial charge in [-0.3, -0.25) is 0 Å². The molecule has 0 fully saturated rings. The van der Waals surface area contributed by atoms with E-state index >= 15 is 0 Å². The highest BCUT2D eigenvalue weighted by atomic mass is 16.2. The number of nitrogens with zero attached hydrogens (tertiary/aromatic N) is 2. The molecule has 5 nitrogen and oxygen atoms in total. The van der Waals surface area contributed by atoms with Crippen LogP contribution in [-0.2, 0) is 13.0 Å². The summed E-state index contributed by atoms with van der Waals surface area (Å²) in [6.07, 6.45) is 2.89. The highest BCUT2D eigenvalue weighted by Gasteiger charge is 2.23. The number of carbonyl (C=O) groups is 1. The van der Waals surface area contributed by atoms with Crippen molar-refractivity contribution in [3.8, 4) is 0 Å². The Balaban J connectivity index is 1.27. The van der Waals surface area contributed by atoms with Crippen LogP contribution in [-0.4, -0.2) is 22.1 Å². The Hall–Kier alpha value is -2.82. The summed E-state index contributed by atoms with van der Waals surface area (Å²) >= 11 is 0. The largest absolute Gasteiger partial charge is 0.338 e. The van der Waals surface area contributed by atoms with Gasteiger partial charge in [-0.2, -0.15) is 0 Å². The molecule has 4 rings (SSSR count). The Labute approximate surface area is 153 Å². The second kappa shape index (κ2) is 7.20. The van der Waals surface area contributed by atoms with Gasteiger partial charge >= 0.3 is 6.03 Å². The fourth-order valence-corrected chi connectivity index (χ4v) is 3.83. The van der Waals surface area contributed by atoms with Gasteiger partial charge in [-0.1, -0.05) is 36.4 Å². The van der Waals surface area contributed by atoms with Crippen LogP contribution in [0.4, 0.5) is 4.79 Å². The van der Waals surface area contributed by atoms with Crippen molar-refractivity contribution in [3.63, 3.8) is 0 Å². The average Bonchev–Trinajstić information content (AvgIpc) is 3.20. The lowest BCUT2D eigenvalue weighted by molar-refractivity contribution is 0.236. The molecule has 26 heavy (non-hydrogen) atoms. The number of hydrogen-bond donors (Lipinski definition) is 2. The number of imidazole rings is 1. The van der Waals surface area contributed by atoms with Crippen LogP contribution in [0.3, 0.4) is 0 Å². The zero-order valence-electron chi connectivity index (χ0n) is 15.0. The maximum atomic E-state index is 12.2. The molecule has 0 bridgehead atoms. The van der Waals surface area contributed by atoms with Gasteiger partial charge in [0.2, 0.25) is 0 Å². The summed E-state index contributed by atoms with van der Waals surface area (Å²) in [5.41, 5.74) is 4.77. The van der Waals surface area contributed by atoms with Crippen molar-refractivity contribution >= 4 is 17.1 Å². The van der Waals surface area contributed by atoms with Gasteiger partial charge < -0.3 is 15.2 Å². The van der Waals surface area contributed by atoms with Gasteiger partial charge in [0.25, 0.3) is 0 Å². The number of nitrogens with one attached hydrogen (secondary N) is 2. The van der Waals surface area contributed by atoms with E-state index in [0.717, 1.165) is 42.7 Å². The molecule has 2 amide bonds. The predicted octanol–water partition coefficient (Wildman–Crippen LogP) is 3.72. The molecule has 5 heteroatoms. The lowest BCUT2D eigenvalue weighted by Crippen LogP contribution is -2.38. The van der Waals surface area contributed by atoms with Crippen molar-refractivity contribution in [2.75, 3.05) is 6.54 Å². The Bertz CT molecular complexity index is 931. The first-order valence-electron chi connectivity index (χ1n) is 9.26. The highest BCUT2D eigenvalue weighted by molar-refractivity contribution is 5.76. The number of urea groups is 1. The third-order valence-corrected chi connectivity index (χ3v) is 5.13. The molecule has 0 aliphatic heterocycles. The van der Waals surface area contributed by atoms with Gasteiger partial charge in [0.1, 0.15) is 5.82 Å². The molecule has 1 unspecified atom stereocenters. The maximum absolute atomic E-state index is 12.2. The quantitative estimate of drug-likeness (QED) is 0.691. The van der Waals surface area contributed by atoms with Crippen LogP contribution < -0.4 is 10.6 Å². The smallest absolute Gasteiger partial charge is 0.315 e. The molecule has 1 aromatic heterocycles. The van der Waals surface area contributed by atoms with Crippen LogP contribution in [0.25, 0.3) is 11.0 Å². The van der Waals surface area contributed by atoms with Crippen LogP contribution in [0.1, 0.15) is 35.8 Å². The van der Waals surface area contributed by atoms with Crippen LogP contribution in [0.2, 0.25) is 0 Å². The summed E-state index contributed by atoms with van der Waals surface area (Å²) in [5.74, 6) is 1.01. The molecule has 3 aromatic rings. The van der Waals surface area contributed by atoms with E-state index in [4.69, 9.17) is 0 Å². The first-order chi connectivity index (χ1) is 12.7. The van der Waals surface area contributed by atoms with Crippen molar-refractivity contribution in [2.45, 2.75) is 38.8 Å². The second-order valence-electron chi connectivity index (χ2n) is 6.84. The summed E-state index contributed by atoms with van der Waals surface area (Å²) in [6.45, 7) is 3.52. The Morgan fingerprint density at radius 1 is 1.19 bits per heavy atom. The number of hydrogen-bond acceptors (Lipinski definition) is 2. The van der Waals surface area contributed by atoms with E-state index in [1.807, 2.05) is 31.2 Å². The Kier molecular flexibility index (Phi) is 4.61. The third-order valence-electron chi connectivity index (χ3n) is 5.13. The first-order valence-corrected chi connectivity index (χ1v) is 9.26. The summed E-state index contributed by atoms with van der Waals surface area (Å²) in [4.78, 5) is 16.8. The molecule has 1 atom stereocenters. The monoisotopic (exact) mass is 348 g/mol. The van der Waals surface area contributed by atoms with E-state index in [1.54, 1.807) is 0 Å². The van der Waals surface area contributed by atoms with Crippen LogP contribution >= 0.6 is 0 Å². The minimum absolute atomic E-state index is 0.0843. The summed E-state index contributed by atoms with van der Waals surface area (Å²) in [7, 11) is 0. The molecular formula is C21H24N4O. The zero-order chi connectivity index (χ0) is 17.9. The molecule has 1 aliphatic rings. The SMILES string of the molecule is Cc1nc2ccccc2n1CCCNC(=O)NC1CCc2ccccc21. The fourth-order valence-electron chi connectivity index (χ4n) is 3.83. The van der Waals surface area contributed by atoms with E-state index in [0.29, 0.717) is 6.54 Å². The zero-order valence-corrected chi connectivity index (χ0v) is 15.0. The van der Waals surface area contributed by atoms with Crippen LogP contribution in [0.5, 0.6) is 0 Å². The number of para-hydroxylation sites is 2. The van der Waals surface area contributed by atoms with Crippen molar-refractivity contribution in [2.24, 2.45) is 0 Å². The van der Waals surface area contributed by atoms with Gasteiger partial charge in [0.05, 0.1) is 17.1 Å². The van der Waals surface area contributed by atoms with Gasteiger partial charge in [0, 0.05) is 13.1 Å². The number of carbonyl (C=O) groups excluding carboxylic acids is 1. The topological polar surface area (TPSA) is 59.0 Å². The second-order valence-corrected chi connectivity index (χ2v) is 6.84. The van der Waals surface area contributed by atoms with Crippen LogP contribution in [0, 0.1) is 6.92 Å². The number of amides is 2. The number of aromatic nitrogens is 2. The predicted molar refractivity (Wildman–Crippen MR) is 103 cm³/mol. The average molecular weight is 348 g/mol. The van der Waals surface area contributed by atoms with Gasteiger partial charge in [0.15, 0.2) is 0 Å². The minimum atomic E-state index is -0.0843. The molecule has 0 saturated heterocycles. The van der Waals surface area contributed by atoms with Gasteiger partial charge in [-0.25, -0.2) is 9.78 Å². The van der Waals surface area contributed by atoms with Gasteiger partial charge in [-0.05, 0) is 49.4 Å². The minimum Gasteiger partial charge on any atom is -0.338 e. The summed E-state index contributed by atoms with van der Waals surface area (Å²) in [5, 5.41) is 6.09. The fraction of sp³-hybridized carbons (Fsp3) is 0.333. The van der Waals surface area contributed by atoms with E-state index in [1.165, 1.54) is 11.1 Å². The molecule has 0 saturated carbocycles. The molecule has 2 N–H and O–H groups in total. The van der Waals surface area contributed by atoms with E-state index in [2.05, 4.69) is 44.5 Å². The lowest BCUT2D eigenvalue weighted by Gasteiger charge is -2.15. The number of aryl methyl sites for hydroxylation is 3. The van der Waals surface area contributed by atoms with Crippen molar-refractivity contribution in [1.29, 1.82) is 0 Å². The first kappa shape index (κ1) is 16.6. The van der Waals surface area contributed by atoms with Crippen molar-refractivity contribution in [1.82, 2.24) is 20.2 Å². The summed E-state index contributed by atoms with van der Waals surface area (Å²) in [6, 6.07) is 16.6. The highest BCUT2D eigenvalue weighted by Crippen LogP contribution is 2.30. The standard InChI is InChI=1S/C21H24N4O/c1-15-23-19-9-4-5-10-20(19)25(15)14-6-13-22-21(26)24-18-12-11-16-7-2-3-8-17(16)18/h2-5,7-10,18H,6,11-14H2,1H3,(H2,22,24,26). The molecule has 134 valence electrons. The lowest BCUT2D eigenvalue weighted by atomic mass is 10.1. The molecular weight excluding hydrogens is 324 g/mol. The molecule has 1 aliphatic carbocycles. The van der Waals surface area contributed by atoms with E-state index in [9.17, 15) is 4.79 Å². The normalized spacial score (nSPS) is 15.8. The molecule has 2 aromatic carbocycles. The maximum Gasteiger partial charge on any atom is 0.315 e. The van der Waals surface area contributed by atoms with Crippen molar-refractivity contribution in [3.05, 3.63) is 65.5 Å². The number of rotatable bonds is 5. The van der Waals surface area contributed by atoms with Crippen LogP contribution in [0.15, 0.2) is 48.5 Å². The summed E-state index contributed by atoms with van der Waals surface area (Å²) < 4.78 is 2.21. The van der Waals surface area contributed by atoms with E-state index < -0.39 is 0 Å². The van der Waals surface area contributed by atoms with Crippen molar-refractivity contribution < 1.29 is 4.79 Å². The molecule has 0 spiro atoms. The molecule has 0 radical (unpaired) electrons.